The monoisotopic (exact) mass is 767 g/mol. The van der Waals surface area contributed by atoms with Gasteiger partial charge < -0.3 is 29.4 Å². The number of ether oxygens (including phenoxy) is 1. The number of carbonyl (C=O) groups excluding carboxylic acids is 2. The summed E-state index contributed by atoms with van der Waals surface area (Å²) in [6, 6.07) is 24.9. The number of aromatic amines is 1. The summed E-state index contributed by atoms with van der Waals surface area (Å²) in [7, 11) is 0. The zero-order valence-electron chi connectivity index (χ0n) is 28.9. The van der Waals surface area contributed by atoms with Crippen molar-refractivity contribution < 1.29 is 14.3 Å². The fourth-order valence-electron chi connectivity index (χ4n) is 7.45. The van der Waals surface area contributed by atoms with Crippen LogP contribution in [0.1, 0.15) is 48.3 Å². The molecule has 2 amide bonds. The number of benzene rings is 3. The molecule has 0 spiro atoms. The first kappa shape index (κ1) is 35.0. The summed E-state index contributed by atoms with van der Waals surface area (Å²) in [5.74, 6) is 0.226. The van der Waals surface area contributed by atoms with Crippen LogP contribution in [0, 0.1) is 0 Å². The van der Waals surface area contributed by atoms with Crippen molar-refractivity contribution in [3.63, 3.8) is 0 Å². The first-order valence-electron chi connectivity index (χ1n) is 17.6. The molecule has 1 unspecified atom stereocenters. The van der Waals surface area contributed by atoms with Gasteiger partial charge in [-0.15, -0.1) is 0 Å². The molecule has 13 heteroatoms. The van der Waals surface area contributed by atoms with Crippen LogP contribution in [0.5, 0.6) is 0 Å². The van der Waals surface area contributed by atoms with Gasteiger partial charge in [0.25, 0.3) is 5.91 Å². The van der Waals surface area contributed by atoms with Crippen LogP contribution in [-0.4, -0.2) is 68.7 Å². The number of pyridine rings is 1. The number of nitrogens with zero attached hydrogens (tertiary/aromatic N) is 5. The summed E-state index contributed by atoms with van der Waals surface area (Å²) < 4.78 is 7.39. The third-order valence-corrected chi connectivity index (χ3v) is 10.8. The van der Waals surface area contributed by atoms with Gasteiger partial charge in [-0.1, -0.05) is 83.3 Å². The van der Waals surface area contributed by atoms with E-state index in [4.69, 9.17) is 44.5 Å². The van der Waals surface area contributed by atoms with Crippen LogP contribution in [0.2, 0.25) is 15.1 Å². The van der Waals surface area contributed by atoms with E-state index >= 15 is 0 Å². The number of H-pyrrole nitrogens is 1. The van der Waals surface area contributed by atoms with Crippen LogP contribution in [0.4, 0.5) is 16.3 Å². The minimum atomic E-state index is -0.380. The Bertz CT molecular complexity index is 2300. The number of fused-ring (bicyclic) bond motifs is 1. The number of carbonyl (C=O) groups is 2. The van der Waals surface area contributed by atoms with Gasteiger partial charge in [0, 0.05) is 63.9 Å². The second-order valence-corrected chi connectivity index (χ2v) is 14.7. The summed E-state index contributed by atoms with van der Waals surface area (Å²) in [4.78, 5) is 44.1. The van der Waals surface area contributed by atoms with Crippen molar-refractivity contribution in [1.29, 1.82) is 0 Å². The number of halogens is 3. The Hall–Kier alpha value is -5.03. The van der Waals surface area contributed by atoms with Crippen molar-refractivity contribution >= 4 is 69.2 Å². The van der Waals surface area contributed by atoms with Gasteiger partial charge in [-0.2, -0.15) is 0 Å². The second-order valence-electron chi connectivity index (χ2n) is 13.4. The molecule has 3 aromatic heterocycles. The molecule has 10 nitrogen and oxygen atoms in total. The Morgan fingerprint density at radius 1 is 0.925 bits per heavy atom. The van der Waals surface area contributed by atoms with E-state index in [1.165, 1.54) is 0 Å². The third kappa shape index (κ3) is 6.94. The maximum atomic E-state index is 14.7. The van der Waals surface area contributed by atoms with Gasteiger partial charge in [0.1, 0.15) is 5.69 Å². The highest BCUT2D eigenvalue weighted by atomic mass is 35.5. The van der Waals surface area contributed by atoms with Crippen molar-refractivity contribution in [1.82, 2.24) is 24.4 Å². The number of rotatable bonds is 8. The average molecular weight is 769 g/mol. The molecule has 3 aromatic carbocycles. The molecule has 1 atom stereocenters. The normalized spacial score (nSPS) is 15.8. The minimum Gasteiger partial charge on any atom is -0.449 e. The lowest BCUT2D eigenvalue weighted by atomic mass is 9.99. The van der Waals surface area contributed by atoms with Gasteiger partial charge >= 0.3 is 6.09 Å². The van der Waals surface area contributed by atoms with Gasteiger partial charge in [0.2, 0.25) is 0 Å². The van der Waals surface area contributed by atoms with Gasteiger partial charge in [-0.25, -0.2) is 14.8 Å². The maximum absolute atomic E-state index is 14.7. The predicted octanol–water partition coefficient (Wildman–Crippen LogP) is 9.73. The number of imidazole rings is 1. The molecule has 2 N–H and O–H groups in total. The number of piperidine rings is 1. The van der Waals surface area contributed by atoms with E-state index in [-0.39, 0.29) is 24.1 Å². The summed E-state index contributed by atoms with van der Waals surface area (Å²) in [5, 5.41) is 5.53. The molecule has 8 rings (SSSR count). The minimum absolute atomic E-state index is 0.0871. The lowest BCUT2D eigenvalue weighted by Crippen LogP contribution is -2.50. The van der Waals surface area contributed by atoms with Crippen molar-refractivity contribution in [2.45, 2.75) is 38.3 Å². The highest BCUT2D eigenvalue weighted by Gasteiger charge is 2.33. The van der Waals surface area contributed by atoms with E-state index in [0.717, 1.165) is 47.2 Å². The number of nitrogens with one attached hydrogen (secondary N) is 2. The van der Waals surface area contributed by atoms with E-state index in [1.54, 1.807) is 12.3 Å². The number of cyclic esters (lactones) is 1. The fourth-order valence-corrected chi connectivity index (χ4v) is 7.90. The molecule has 0 bridgehead atoms. The van der Waals surface area contributed by atoms with Crippen LogP contribution in [-0.2, 0) is 4.74 Å². The molecule has 5 heterocycles. The van der Waals surface area contributed by atoms with E-state index in [9.17, 15) is 9.59 Å². The summed E-state index contributed by atoms with van der Waals surface area (Å²) in [6.45, 7) is 4.55. The topological polar surface area (TPSA) is 108 Å². The third-order valence-electron chi connectivity index (χ3n) is 10.1. The average Bonchev–Trinajstić information content (AvgIpc) is 3.77. The Balaban J connectivity index is 1.19. The van der Waals surface area contributed by atoms with Crippen molar-refractivity contribution in [3.8, 4) is 22.5 Å². The predicted molar refractivity (Wildman–Crippen MR) is 210 cm³/mol. The van der Waals surface area contributed by atoms with E-state index in [0.29, 0.717) is 69.6 Å². The van der Waals surface area contributed by atoms with Gasteiger partial charge in [-0.3, -0.25) is 4.79 Å². The standard InChI is InChI=1S/C40H36Cl3N7O3/c1-24(25-8-10-27(41)11-9-25)50-23-45-35(26-6-3-2-4-7-26)37(50)34-31-13-12-28(42)20-32(31)46-36(34)39(51)47-33-21-29(43)22-44-38(33)48-17-14-30(15-18-48)49-16-5-19-53-40(49)52/h2-4,6-13,20-24,30,46H,5,14-19H2,1H3,(H,47,51). The number of amides is 2. The smallest absolute Gasteiger partial charge is 0.410 e. The number of hydrogen-bond donors (Lipinski definition) is 2. The second kappa shape index (κ2) is 14.8. The van der Waals surface area contributed by atoms with Gasteiger partial charge in [0.15, 0.2) is 5.82 Å². The van der Waals surface area contributed by atoms with Crippen LogP contribution >= 0.6 is 34.8 Å². The zero-order valence-corrected chi connectivity index (χ0v) is 31.1. The molecule has 2 saturated heterocycles. The molecule has 53 heavy (non-hydrogen) atoms. The molecular formula is C40H36Cl3N7O3. The number of anilines is 2. The van der Waals surface area contributed by atoms with Crippen LogP contribution in [0.3, 0.4) is 0 Å². The van der Waals surface area contributed by atoms with Gasteiger partial charge in [-0.05, 0) is 62.1 Å². The molecule has 6 aromatic rings. The SMILES string of the molecule is CC(c1ccc(Cl)cc1)n1cnc(-c2ccccc2)c1-c1c(C(=O)Nc2cc(Cl)cnc2N2CCC(N3CCCOC3=O)CC2)[nH]c2cc(Cl)ccc12. The molecule has 2 fully saturated rings. The van der Waals surface area contributed by atoms with Crippen molar-refractivity contribution in [2.24, 2.45) is 0 Å². The summed E-state index contributed by atoms with van der Waals surface area (Å²) in [6.07, 6.45) is 5.48. The summed E-state index contributed by atoms with van der Waals surface area (Å²) in [5.41, 5.74) is 5.61. The van der Waals surface area contributed by atoms with Crippen LogP contribution in [0.15, 0.2) is 91.4 Å². The lowest BCUT2D eigenvalue weighted by molar-refractivity contribution is 0.0499. The molecule has 2 aliphatic rings. The summed E-state index contributed by atoms with van der Waals surface area (Å²) >= 11 is 19.3. The Labute approximate surface area is 321 Å². The Morgan fingerprint density at radius 2 is 1.68 bits per heavy atom. The van der Waals surface area contributed by atoms with Crippen molar-refractivity contribution in [2.75, 3.05) is 36.5 Å². The highest BCUT2D eigenvalue weighted by Crippen LogP contribution is 2.42. The largest absolute Gasteiger partial charge is 0.449 e. The van der Waals surface area contributed by atoms with E-state index in [2.05, 4.69) is 31.7 Å². The Kier molecular flexibility index (Phi) is 9.76. The lowest BCUT2D eigenvalue weighted by Gasteiger charge is -2.40. The molecule has 2 aliphatic heterocycles. The first-order valence-corrected chi connectivity index (χ1v) is 18.7. The Morgan fingerprint density at radius 3 is 2.43 bits per heavy atom. The molecule has 0 aliphatic carbocycles. The molecular weight excluding hydrogens is 733 g/mol. The molecule has 270 valence electrons. The fraction of sp³-hybridized carbons (Fsp3) is 0.250. The van der Waals surface area contributed by atoms with Crippen molar-refractivity contribution in [3.05, 3.63) is 118 Å². The van der Waals surface area contributed by atoms with Crippen LogP contribution in [0.25, 0.3) is 33.4 Å². The quantitative estimate of drug-likeness (QED) is 0.160. The maximum Gasteiger partial charge on any atom is 0.410 e. The first-order chi connectivity index (χ1) is 25.7. The molecule has 0 saturated carbocycles. The molecule has 0 radical (unpaired) electrons. The van der Waals surface area contributed by atoms with E-state index < -0.39 is 0 Å². The zero-order chi connectivity index (χ0) is 36.6. The number of aromatic nitrogens is 4. The number of hydrogen-bond acceptors (Lipinski definition) is 6. The van der Waals surface area contributed by atoms with Crippen LogP contribution < -0.4 is 10.2 Å². The van der Waals surface area contributed by atoms with E-state index in [1.807, 2.05) is 84.0 Å². The highest BCUT2D eigenvalue weighted by molar-refractivity contribution is 6.32. The van der Waals surface area contributed by atoms with Gasteiger partial charge in [0.05, 0.1) is 41.1 Å².